The summed E-state index contributed by atoms with van der Waals surface area (Å²) in [5, 5.41) is 59.0. The maximum Gasteiger partial charge on any atom is 0.534 e. The Bertz CT molecular complexity index is 7000. The number of piperidine rings is 4. The van der Waals surface area contributed by atoms with Crippen LogP contribution in [0.15, 0.2) is 274 Å². The molecule has 8 heterocycles. The van der Waals surface area contributed by atoms with Gasteiger partial charge in [0.15, 0.2) is 11.5 Å². The highest BCUT2D eigenvalue weighted by molar-refractivity contribution is 9.11. The summed E-state index contributed by atoms with van der Waals surface area (Å²) in [4.78, 5) is 13.5. The number of phenols is 3. The number of fused-ring (bicyclic) bond motifs is 4. The summed E-state index contributed by atoms with van der Waals surface area (Å²) in [5.74, 6) is 7.57. The van der Waals surface area contributed by atoms with E-state index >= 15 is 0 Å². The number of benzene rings is 12. The molecule has 0 spiro atoms. The van der Waals surface area contributed by atoms with Gasteiger partial charge < -0.3 is 72.2 Å². The molecule has 5 N–H and O–H groups in total. The smallest absolute Gasteiger partial charge is 0.508 e. The van der Waals surface area contributed by atoms with Crippen LogP contribution in [-0.4, -0.2) is 178 Å². The Morgan fingerprint density at radius 2 is 0.721 bits per heavy atom. The molecule has 21 nitrogen and oxygen atoms in total. The number of alkyl halides is 3. The zero-order valence-electron chi connectivity index (χ0n) is 81.3. The minimum atomic E-state index is -5.90. The first kappa shape index (κ1) is 112. The van der Waals surface area contributed by atoms with Crippen molar-refractivity contribution in [1.82, 2.24) is 19.6 Å². The number of halogens is 8. The van der Waals surface area contributed by atoms with E-state index in [1.54, 1.807) is 132 Å². The van der Waals surface area contributed by atoms with Crippen molar-refractivity contribution < 1.29 is 93.8 Å². The quantitative estimate of drug-likeness (QED) is 0.0160. The number of hydrogen-bond donors (Lipinski definition) is 5. The number of methoxy groups -OCH3 is 1. The van der Waals surface area contributed by atoms with Crippen molar-refractivity contribution >= 4 is 179 Å². The van der Waals surface area contributed by atoms with Crippen molar-refractivity contribution in [3.63, 3.8) is 0 Å². The number of aromatic hydroxyl groups is 3. The fourth-order valence-corrected chi connectivity index (χ4v) is 22.2. The Kier molecular flexibility index (Phi) is 42.0. The molecule has 0 bridgehead atoms. The number of ether oxygens (including phenoxy) is 9. The molecule has 0 unspecified atom stereocenters. The molecular formula is C112H115BBr2Cl3F3N4O17S5. The Morgan fingerprint density at radius 1 is 0.374 bits per heavy atom. The third-order valence-corrected chi connectivity index (χ3v) is 31.7. The number of phenolic OH excluding ortho intramolecular Hbond substituents is 3. The molecule has 35 heteroatoms. The molecular weight excluding hydrogens is 2170 g/mol. The summed E-state index contributed by atoms with van der Waals surface area (Å²) in [6.45, 7) is 19.6. The normalized spacial score (nSPS) is 14.0. The number of likely N-dealkylation sites (tertiary alicyclic amines) is 4. The van der Waals surface area contributed by atoms with Gasteiger partial charge >= 0.3 is 22.7 Å². The van der Waals surface area contributed by atoms with Gasteiger partial charge in [-0.25, -0.2) is 0 Å². The van der Waals surface area contributed by atoms with Gasteiger partial charge in [0, 0.05) is 89.0 Å². The minimum Gasteiger partial charge on any atom is -0.508 e. The lowest BCUT2D eigenvalue weighted by atomic mass is 9.78. The predicted octanol–water partition coefficient (Wildman–Crippen LogP) is 29.8. The van der Waals surface area contributed by atoms with E-state index in [9.17, 15) is 47.0 Å². The second-order valence-electron chi connectivity index (χ2n) is 35.1. The van der Waals surface area contributed by atoms with Crippen LogP contribution in [-0.2, 0) is 10.1 Å². The van der Waals surface area contributed by atoms with E-state index < -0.39 is 28.5 Å². The van der Waals surface area contributed by atoms with E-state index in [2.05, 4.69) is 99.8 Å². The zero-order valence-corrected chi connectivity index (χ0v) is 90.9. The average Bonchev–Trinajstić information content (AvgIpc) is 0.929. The van der Waals surface area contributed by atoms with Gasteiger partial charge in [0.2, 0.25) is 0 Å². The van der Waals surface area contributed by atoms with Crippen LogP contribution in [0.4, 0.5) is 13.2 Å². The van der Waals surface area contributed by atoms with Gasteiger partial charge in [0.05, 0.1) is 10.9 Å². The molecule has 4 aliphatic heterocycles. The molecule has 12 aromatic carbocycles. The Hall–Kier alpha value is -10.7. The van der Waals surface area contributed by atoms with Crippen LogP contribution in [0.25, 0.3) is 64.7 Å². The highest BCUT2D eigenvalue weighted by Crippen LogP contribution is 2.48. The SMILES string of the molecule is COc1ccc2c(Oc3ccc(OCCN4CCCCC4)cc3)c(OS(=O)(=O)C(F)(F)F)ccc2c1.Cc1ccc(-c2ccc3cc(O)ccc3c2Oc2ccc(OCCN3CCCCC3)cc2)s1.Cc1ccc(Br)s1.Cl.Clc1sccc1Br.OB(O)c1ccc2cc(O)ccc2c1Oc1ccc(OCCN2CCCCC2)cc1.Oc1ccc2c(Oc3ccc(OCCN4CCCCC4)cc3)c(-c3ccsc3Cl)ccc2c1. The fraction of sp³-hybridized carbons (Fsp3) is 0.286. The van der Waals surface area contributed by atoms with Crippen LogP contribution in [0.5, 0.6) is 97.7 Å². The molecule has 20 rings (SSSR count). The summed E-state index contributed by atoms with van der Waals surface area (Å²) in [7, 11) is -6.10. The van der Waals surface area contributed by atoms with Gasteiger partial charge in [0.25, 0.3) is 0 Å². The van der Waals surface area contributed by atoms with Crippen molar-refractivity contribution in [3.8, 4) is 119 Å². The van der Waals surface area contributed by atoms with E-state index in [-0.39, 0.29) is 46.6 Å². The van der Waals surface area contributed by atoms with Crippen LogP contribution in [0.2, 0.25) is 8.67 Å². The highest BCUT2D eigenvalue weighted by Gasteiger charge is 2.49. The summed E-state index contributed by atoms with van der Waals surface area (Å²) in [5.41, 5.74) is -2.43. The Balaban J connectivity index is 0.000000147. The second kappa shape index (κ2) is 55.2. The molecule has 4 fully saturated rings. The van der Waals surface area contributed by atoms with E-state index in [0.29, 0.717) is 77.1 Å². The van der Waals surface area contributed by atoms with Crippen molar-refractivity contribution in [2.24, 2.45) is 0 Å². The van der Waals surface area contributed by atoms with E-state index in [1.807, 2.05) is 114 Å². The number of aryl methyl sites for hydroxylation is 2. The summed E-state index contributed by atoms with van der Waals surface area (Å²) >= 11 is 25.2. The molecule has 774 valence electrons. The van der Waals surface area contributed by atoms with Gasteiger partial charge in [-0.3, -0.25) is 19.6 Å². The summed E-state index contributed by atoms with van der Waals surface area (Å²) in [6.07, 6.45) is 15.4. The monoisotopic (exact) mass is 2280 g/mol. The number of nitrogens with zero attached hydrogens (tertiary/aromatic N) is 4. The van der Waals surface area contributed by atoms with Gasteiger partial charge in [-0.2, -0.15) is 21.6 Å². The number of rotatable bonds is 30. The van der Waals surface area contributed by atoms with Crippen molar-refractivity contribution in [3.05, 3.63) is 292 Å². The molecule has 0 saturated carbocycles. The van der Waals surface area contributed by atoms with Crippen molar-refractivity contribution in [2.45, 2.75) is 96.4 Å². The van der Waals surface area contributed by atoms with Gasteiger partial charge in [-0.15, -0.1) is 57.8 Å². The molecule has 0 aliphatic carbocycles. The van der Waals surface area contributed by atoms with Crippen LogP contribution in [0.3, 0.4) is 0 Å². The molecule has 0 radical (unpaired) electrons. The zero-order chi connectivity index (χ0) is 102. The van der Waals surface area contributed by atoms with Gasteiger partial charge in [-0.05, 0) is 406 Å². The maximum absolute atomic E-state index is 13.0. The first-order valence-corrected chi connectivity index (χ1v) is 55.5. The second-order valence-corrected chi connectivity index (χ2v) is 44.5. The molecule has 4 aromatic heterocycles. The van der Waals surface area contributed by atoms with Crippen molar-refractivity contribution in [1.29, 1.82) is 0 Å². The Labute approximate surface area is 904 Å². The fourth-order valence-electron chi connectivity index (χ4n) is 17.1. The summed E-state index contributed by atoms with van der Waals surface area (Å²) < 4.78 is 124. The first-order chi connectivity index (χ1) is 70.7. The molecule has 4 aliphatic rings. The van der Waals surface area contributed by atoms with Crippen LogP contribution in [0, 0.1) is 13.8 Å². The average molecular weight is 2280 g/mol. The van der Waals surface area contributed by atoms with E-state index in [0.717, 1.165) is 149 Å². The lowest BCUT2D eigenvalue weighted by molar-refractivity contribution is -0.0500. The lowest BCUT2D eigenvalue weighted by Gasteiger charge is -2.26. The maximum atomic E-state index is 13.0. The topological polar surface area (TPSA) is 241 Å². The van der Waals surface area contributed by atoms with Crippen molar-refractivity contribution in [2.75, 3.05) is 112 Å². The molecule has 4 saturated heterocycles. The minimum absolute atomic E-state index is 0. The van der Waals surface area contributed by atoms with Gasteiger partial charge in [-0.1, -0.05) is 79.2 Å². The number of thiophene rings is 4. The highest BCUT2D eigenvalue weighted by atomic mass is 79.9. The van der Waals surface area contributed by atoms with Gasteiger partial charge in [0.1, 0.15) is 121 Å². The predicted molar refractivity (Wildman–Crippen MR) is 599 cm³/mol. The van der Waals surface area contributed by atoms with Crippen LogP contribution >= 0.6 is 113 Å². The summed E-state index contributed by atoms with van der Waals surface area (Å²) in [6, 6.07) is 75.9. The molecule has 16 aromatic rings. The molecule has 0 amide bonds. The largest absolute Gasteiger partial charge is 0.534 e. The van der Waals surface area contributed by atoms with E-state index in [4.69, 9.17) is 65.8 Å². The lowest BCUT2D eigenvalue weighted by Crippen LogP contribution is -2.33. The molecule has 0 atom stereocenters. The molecule has 147 heavy (non-hydrogen) atoms. The Morgan fingerprint density at radius 3 is 1.07 bits per heavy atom. The van der Waals surface area contributed by atoms with Crippen LogP contribution in [0.1, 0.15) is 86.8 Å². The third kappa shape index (κ3) is 32.7. The van der Waals surface area contributed by atoms with E-state index in [1.165, 1.54) is 153 Å². The van der Waals surface area contributed by atoms with Crippen LogP contribution < -0.4 is 52.3 Å². The first-order valence-electron chi connectivity index (χ1n) is 48.4. The standard InChI is InChI=1S/C28H29NO3S.C27H26ClNO3S.C25H26F3NO6S.C23H26BNO5.C5H5BrS.C4H2BrClS.ClH/c1-20-5-14-27(33-20)26-12-6-21-19-22(30)7-13-25(21)28(26)32-24-10-8-23(9-11-24)31-18-17-29-15-3-2-4-16-29;28-27-25(12-17-33-27)24-10-4-19-18-20(30)5-11-23(19)26(24)32-22-8-6-21(7-9-22)31-16-15-29-13-2-1-3-14-29;1-32-21-10-11-22-18(17-21)5-12-23(35-36(30,31)25(26,27)28)24(22)34-20-8-6-19(7-9-20)33-16-15-29-13-3-2-4-14-29;26-18-5-10-21-17(16-18)4-11-22(24(27)28)23(21)30-20-8-6-19(7-9-20)29-15-14-25-12-2-1-3-13-25;1-4-2-3-5(6)7-4;5-3-1-2-7-4(3)6;/h5-14,19,30H,2-4,15-18H2,1H3;4-12,17-18,30H,1-3,13-16H2;5-12,17H,2-4,13-16H2,1H3;4-11,16,26-28H,1-3,12-15H2;2-3H,1H3;1-2H;1H. The third-order valence-electron chi connectivity index (χ3n) is 24.7. The number of hydrogen-bond acceptors (Lipinski definition) is 25.